The molecule has 0 atom stereocenters. The van der Waals surface area contributed by atoms with Gasteiger partial charge in [-0.15, -0.1) is 0 Å². The predicted molar refractivity (Wildman–Crippen MR) is 48.0 cm³/mol. The summed E-state index contributed by atoms with van der Waals surface area (Å²) in [5, 5.41) is 2.66. The SMILES string of the molecule is CC(=O)Nc1nc(C)ccc1C. The van der Waals surface area contributed by atoms with Crippen molar-refractivity contribution >= 4 is 11.7 Å². The third-order valence-corrected chi connectivity index (χ3v) is 1.53. The molecule has 0 spiro atoms. The number of aryl methyl sites for hydroxylation is 2. The molecule has 0 saturated carbocycles. The number of rotatable bonds is 1. The number of aromatic nitrogens is 1. The van der Waals surface area contributed by atoms with Crippen molar-refractivity contribution in [1.29, 1.82) is 0 Å². The summed E-state index contributed by atoms with van der Waals surface area (Å²) in [4.78, 5) is 14.9. The summed E-state index contributed by atoms with van der Waals surface area (Å²) >= 11 is 0. The molecule has 0 bridgehead atoms. The van der Waals surface area contributed by atoms with Crippen molar-refractivity contribution < 1.29 is 4.79 Å². The molecule has 0 aliphatic rings. The Bertz CT molecular complexity index is 307. The molecule has 0 aliphatic carbocycles. The Labute approximate surface area is 71.8 Å². The number of amides is 1. The van der Waals surface area contributed by atoms with E-state index in [0.717, 1.165) is 11.3 Å². The number of carbonyl (C=O) groups excluding carboxylic acids is 1. The van der Waals surface area contributed by atoms with Crippen molar-refractivity contribution in [2.24, 2.45) is 0 Å². The Morgan fingerprint density at radius 1 is 1.42 bits per heavy atom. The van der Waals surface area contributed by atoms with Crippen LogP contribution in [0.2, 0.25) is 0 Å². The lowest BCUT2D eigenvalue weighted by molar-refractivity contribution is -0.114. The zero-order valence-corrected chi connectivity index (χ0v) is 7.51. The van der Waals surface area contributed by atoms with Gasteiger partial charge >= 0.3 is 0 Å². The van der Waals surface area contributed by atoms with Gasteiger partial charge in [-0.05, 0) is 25.5 Å². The van der Waals surface area contributed by atoms with Crippen molar-refractivity contribution in [3.05, 3.63) is 23.4 Å². The zero-order chi connectivity index (χ0) is 9.14. The summed E-state index contributed by atoms with van der Waals surface area (Å²) in [6, 6.07) is 3.86. The molecule has 0 saturated heterocycles. The van der Waals surface area contributed by atoms with Crippen molar-refractivity contribution in [3.63, 3.8) is 0 Å². The van der Waals surface area contributed by atoms with Crippen molar-refractivity contribution in [1.82, 2.24) is 4.98 Å². The van der Waals surface area contributed by atoms with Gasteiger partial charge in [-0.2, -0.15) is 0 Å². The lowest BCUT2D eigenvalue weighted by Crippen LogP contribution is -2.09. The van der Waals surface area contributed by atoms with Crippen LogP contribution in [0, 0.1) is 13.8 Å². The minimum atomic E-state index is -0.0869. The first-order valence-corrected chi connectivity index (χ1v) is 3.81. The molecule has 64 valence electrons. The van der Waals surface area contributed by atoms with Crippen LogP contribution in [0.1, 0.15) is 18.2 Å². The van der Waals surface area contributed by atoms with E-state index in [1.165, 1.54) is 6.92 Å². The van der Waals surface area contributed by atoms with Crippen LogP contribution in [-0.4, -0.2) is 10.9 Å². The van der Waals surface area contributed by atoms with Crippen LogP contribution in [0.25, 0.3) is 0 Å². The lowest BCUT2D eigenvalue weighted by Gasteiger charge is -2.05. The van der Waals surface area contributed by atoms with Gasteiger partial charge < -0.3 is 5.32 Å². The monoisotopic (exact) mass is 164 g/mol. The van der Waals surface area contributed by atoms with Crippen molar-refractivity contribution in [2.45, 2.75) is 20.8 Å². The Balaban J connectivity index is 2.97. The highest BCUT2D eigenvalue weighted by molar-refractivity contribution is 5.88. The summed E-state index contributed by atoms with van der Waals surface area (Å²) in [6.07, 6.45) is 0. The molecule has 12 heavy (non-hydrogen) atoms. The molecule has 1 rings (SSSR count). The van der Waals surface area contributed by atoms with E-state index in [4.69, 9.17) is 0 Å². The van der Waals surface area contributed by atoms with Crippen LogP contribution in [0.3, 0.4) is 0 Å². The van der Waals surface area contributed by atoms with Gasteiger partial charge in [0.1, 0.15) is 5.82 Å². The third kappa shape index (κ3) is 2.05. The van der Waals surface area contributed by atoms with Gasteiger partial charge in [0.2, 0.25) is 5.91 Å². The van der Waals surface area contributed by atoms with Crippen LogP contribution in [0.5, 0.6) is 0 Å². The van der Waals surface area contributed by atoms with Crippen molar-refractivity contribution in [2.75, 3.05) is 5.32 Å². The maximum atomic E-state index is 10.7. The molecule has 0 unspecified atom stereocenters. The predicted octanol–water partition coefficient (Wildman–Crippen LogP) is 1.66. The average Bonchev–Trinajstić information content (AvgIpc) is 1.96. The van der Waals surface area contributed by atoms with Gasteiger partial charge in [0.05, 0.1) is 0 Å². The van der Waals surface area contributed by atoms with Crippen LogP contribution in [0.4, 0.5) is 5.82 Å². The highest BCUT2D eigenvalue weighted by Gasteiger charge is 2.00. The average molecular weight is 164 g/mol. The summed E-state index contributed by atoms with van der Waals surface area (Å²) in [5.74, 6) is 0.568. The topological polar surface area (TPSA) is 42.0 Å². The number of anilines is 1. The first-order chi connectivity index (χ1) is 5.59. The number of hydrogen-bond donors (Lipinski definition) is 1. The molecule has 1 amide bonds. The summed E-state index contributed by atoms with van der Waals surface area (Å²) in [6.45, 7) is 5.28. The van der Waals surface area contributed by atoms with E-state index < -0.39 is 0 Å². The number of nitrogens with zero attached hydrogens (tertiary/aromatic N) is 1. The first-order valence-electron chi connectivity index (χ1n) is 3.81. The molecular weight excluding hydrogens is 152 g/mol. The zero-order valence-electron chi connectivity index (χ0n) is 7.51. The number of nitrogens with one attached hydrogen (secondary N) is 1. The van der Waals surface area contributed by atoms with Gasteiger partial charge in [-0.1, -0.05) is 6.07 Å². The smallest absolute Gasteiger partial charge is 0.222 e. The van der Waals surface area contributed by atoms with Crippen molar-refractivity contribution in [3.8, 4) is 0 Å². The molecule has 0 aliphatic heterocycles. The molecule has 1 heterocycles. The maximum Gasteiger partial charge on any atom is 0.222 e. The molecule has 3 heteroatoms. The van der Waals surface area contributed by atoms with E-state index in [1.54, 1.807) is 0 Å². The highest BCUT2D eigenvalue weighted by atomic mass is 16.1. The van der Waals surface area contributed by atoms with E-state index in [2.05, 4.69) is 10.3 Å². The highest BCUT2D eigenvalue weighted by Crippen LogP contribution is 2.10. The van der Waals surface area contributed by atoms with E-state index in [1.807, 2.05) is 26.0 Å². The van der Waals surface area contributed by atoms with Gasteiger partial charge in [0.15, 0.2) is 0 Å². The molecule has 0 aromatic carbocycles. The number of pyridine rings is 1. The van der Waals surface area contributed by atoms with Gasteiger partial charge in [-0.3, -0.25) is 4.79 Å². The molecule has 0 radical (unpaired) electrons. The fourth-order valence-electron chi connectivity index (χ4n) is 0.920. The fraction of sp³-hybridized carbons (Fsp3) is 0.333. The normalized spacial score (nSPS) is 9.58. The molecule has 1 aromatic heterocycles. The second-order valence-electron chi connectivity index (χ2n) is 2.80. The Morgan fingerprint density at radius 3 is 2.67 bits per heavy atom. The third-order valence-electron chi connectivity index (χ3n) is 1.53. The maximum absolute atomic E-state index is 10.7. The van der Waals surface area contributed by atoms with Crippen LogP contribution in [-0.2, 0) is 4.79 Å². The Morgan fingerprint density at radius 2 is 2.08 bits per heavy atom. The number of hydrogen-bond acceptors (Lipinski definition) is 2. The van der Waals surface area contributed by atoms with E-state index >= 15 is 0 Å². The minimum absolute atomic E-state index is 0.0869. The molecule has 3 nitrogen and oxygen atoms in total. The van der Waals surface area contributed by atoms with Crippen LogP contribution < -0.4 is 5.32 Å². The minimum Gasteiger partial charge on any atom is -0.311 e. The standard InChI is InChI=1S/C9H12N2O/c1-6-4-5-7(2)10-9(6)11-8(3)12/h4-5H,1-3H3,(H,10,11,12). The second kappa shape index (κ2) is 3.34. The Hall–Kier alpha value is -1.38. The van der Waals surface area contributed by atoms with Gasteiger partial charge in [0.25, 0.3) is 0 Å². The molecule has 0 fully saturated rings. The lowest BCUT2D eigenvalue weighted by atomic mass is 10.2. The molecule has 1 aromatic rings. The summed E-state index contributed by atoms with van der Waals surface area (Å²) < 4.78 is 0. The fourth-order valence-corrected chi connectivity index (χ4v) is 0.920. The largest absolute Gasteiger partial charge is 0.311 e. The second-order valence-corrected chi connectivity index (χ2v) is 2.80. The van der Waals surface area contributed by atoms with E-state index in [9.17, 15) is 4.79 Å². The van der Waals surface area contributed by atoms with E-state index in [0.29, 0.717) is 5.82 Å². The molecule has 1 N–H and O–H groups in total. The Kier molecular flexibility index (Phi) is 2.43. The quantitative estimate of drug-likeness (QED) is 0.685. The summed E-state index contributed by atoms with van der Waals surface area (Å²) in [5.41, 5.74) is 1.89. The van der Waals surface area contributed by atoms with E-state index in [-0.39, 0.29) is 5.91 Å². The van der Waals surface area contributed by atoms with Gasteiger partial charge in [0, 0.05) is 12.6 Å². The molecular formula is C9H12N2O. The van der Waals surface area contributed by atoms with Crippen LogP contribution >= 0.6 is 0 Å². The summed E-state index contributed by atoms with van der Waals surface area (Å²) in [7, 11) is 0. The number of carbonyl (C=O) groups is 1. The first kappa shape index (κ1) is 8.71. The van der Waals surface area contributed by atoms with Gasteiger partial charge in [-0.25, -0.2) is 4.98 Å². The van der Waals surface area contributed by atoms with Crippen LogP contribution in [0.15, 0.2) is 12.1 Å².